The molecule has 4 aromatic carbocycles. The van der Waals surface area contributed by atoms with Crippen molar-refractivity contribution in [2.24, 2.45) is 7.05 Å². The summed E-state index contributed by atoms with van der Waals surface area (Å²) in [6, 6.07) is 37.7. The van der Waals surface area contributed by atoms with Crippen molar-refractivity contribution in [1.29, 1.82) is 0 Å². The van der Waals surface area contributed by atoms with Crippen LogP contribution in [0.4, 0.5) is 0 Å². The smallest absolute Gasteiger partial charge is 0.0504 e. The molecule has 0 aliphatic rings. The minimum absolute atomic E-state index is 0.811. The zero-order valence-electron chi connectivity index (χ0n) is 23.3. The van der Waals surface area contributed by atoms with E-state index < -0.39 is 21.6 Å². The van der Waals surface area contributed by atoms with E-state index in [0.29, 0.717) is 0 Å². The van der Waals surface area contributed by atoms with Crippen LogP contribution in [-0.4, -0.2) is 25.5 Å². The third kappa shape index (κ3) is 4.71. The molecule has 0 saturated heterocycles. The van der Waals surface area contributed by atoms with Gasteiger partial charge in [0.05, 0.1) is 21.6 Å². The molecule has 42 heavy (non-hydrogen) atoms. The number of aryl methyl sites for hydroxylation is 1. The van der Waals surface area contributed by atoms with Crippen molar-refractivity contribution in [3.63, 3.8) is 0 Å². The van der Waals surface area contributed by atoms with Gasteiger partial charge in [-0.15, -0.1) is 22.7 Å². The first-order chi connectivity index (χ1) is 20.4. The van der Waals surface area contributed by atoms with E-state index in [1.807, 2.05) is 36.4 Å². The predicted octanol–water partition coefficient (Wildman–Crippen LogP) is 9.60. The maximum atomic E-state index is 13.1. The Balaban J connectivity index is 1.42. The zero-order valence-corrected chi connectivity index (χ0v) is 26.6. The summed E-state index contributed by atoms with van der Waals surface area (Å²) < 4.78 is 28.4. The predicted molar refractivity (Wildman–Crippen MR) is 183 cm³/mol. The van der Waals surface area contributed by atoms with E-state index in [2.05, 4.69) is 84.4 Å². The fourth-order valence-electron chi connectivity index (χ4n) is 5.59. The molecule has 0 amide bonds. The van der Waals surface area contributed by atoms with Crippen LogP contribution in [-0.2, 0) is 28.6 Å². The summed E-state index contributed by atoms with van der Waals surface area (Å²) in [4.78, 5) is 6.17. The Hall–Kier alpha value is -3.62. The first kappa shape index (κ1) is 27.2. The quantitative estimate of drug-likeness (QED) is 0.185. The molecule has 0 bridgehead atoms. The van der Waals surface area contributed by atoms with E-state index in [0.717, 1.165) is 52.5 Å². The molecular formula is C35H27NO2S4. The monoisotopic (exact) mass is 621 g/mol. The van der Waals surface area contributed by atoms with Crippen molar-refractivity contribution in [2.45, 2.75) is 9.79 Å². The Bertz CT molecular complexity index is 2000. The third-order valence-electron chi connectivity index (χ3n) is 7.69. The average Bonchev–Trinajstić information content (AvgIpc) is 3.76. The van der Waals surface area contributed by atoms with E-state index in [9.17, 15) is 8.42 Å². The lowest BCUT2D eigenvalue weighted by Gasteiger charge is -2.08. The average molecular weight is 622 g/mol. The van der Waals surface area contributed by atoms with Crippen LogP contribution in [0.3, 0.4) is 0 Å². The first-order valence-corrected chi connectivity index (χ1v) is 18.2. The van der Waals surface area contributed by atoms with Crippen LogP contribution in [0, 0.1) is 0 Å². The number of nitrogens with zero attached hydrogens (tertiary/aromatic N) is 1. The molecule has 7 heteroatoms. The van der Waals surface area contributed by atoms with E-state index in [4.69, 9.17) is 0 Å². The minimum atomic E-state index is -1.19. The number of rotatable bonds is 6. The van der Waals surface area contributed by atoms with Gasteiger partial charge in [-0.05, 0) is 59.7 Å². The number of benzene rings is 4. The second-order valence-electron chi connectivity index (χ2n) is 10.3. The van der Waals surface area contributed by atoms with Crippen LogP contribution in [0.15, 0.2) is 119 Å². The van der Waals surface area contributed by atoms with Gasteiger partial charge < -0.3 is 4.57 Å². The molecule has 0 fully saturated rings. The Labute approximate surface area is 258 Å². The lowest BCUT2D eigenvalue weighted by Crippen LogP contribution is -1.94. The van der Waals surface area contributed by atoms with Crippen molar-refractivity contribution >= 4 is 66.1 Å². The van der Waals surface area contributed by atoms with Crippen molar-refractivity contribution in [1.82, 2.24) is 4.57 Å². The number of thiophene rings is 2. The van der Waals surface area contributed by atoms with Gasteiger partial charge in [0, 0.05) is 81.8 Å². The molecule has 7 aromatic rings. The molecule has 3 aromatic heterocycles. The van der Waals surface area contributed by atoms with Gasteiger partial charge in [-0.2, -0.15) is 0 Å². The highest BCUT2D eigenvalue weighted by molar-refractivity contribution is 7.84. The van der Waals surface area contributed by atoms with Gasteiger partial charge in [-0.25, -0.2) is 0 Å². The first-order valence-electron chi connectivity index (χ1n) is 13.5. The number of fused-ring (bicyclic) bond motifs is 3. The molecule has 3 heterocycles. The minimum Gasteiger partial charge on any atom is -0.344 e. The van der Waals surface area contributed by atoms with Gasteiger partial charge in [0.15, 0.2) is 0 Å². The number of aromatic nitrogens is 1. The van der Waals surface area contributed by atoms with Crippen molar-refractivity contribution in [3.05, 3.63) is 109 Å². The molecule has 0 N–H and O–H groups in total. The molecule has 3 nitrogen and oxygen atoms in total. The van der Waals surface area contributed by atoms with Crippen molar-refractivity contribution in [2.75, 3.05) is 12.5 Å². The third-order valence-corrected chi connectivity index (χ3v) is 11.9. The fraction of sp³-hybridized carbons (Fsp3) is 0.0857. The van der Waals surface area contributed by atoms with Crippen LogP contribution < -0.4 is 0 Å². The topological polar surface area (TPSA) is 39.1 Å². The standard InChI is InChI=1S/C35H27NO2S4/c1-36-28-18-26(32-16-14-30(39-32)22-10-6-4-7-11-22)34(41(2)37)20-24(28)25-21-35(42(3)38)27(19-29(25)36)33-17-15-31(40-33)23-12-8-5-9-13-23/h4-21H,1-3H3. The molecule has 2 atom stereocenters. The Morgan fingerprint density at radius 3 is 1.29 bits per heavy atom. The van der Waals surface area contributed by atoms with Crippen LogP contribution in [0.5, 0.6) is 0 Å². The van der Waals surface area contributed by atoms with Gasteiger partial charge in [0.25, 0.3) is 0 Å². The molecule has 7 rings (SSSR count). The highest BCUT2D eigenvalue weighted by Gasteiger charge is 2.20. The van der Waals surface area contributed by atoms with Crippen LogP contribution in [0.25, 0.3) is 63.6 Å². The van der Waals surface area contributed by atoms with E-state index in [-0.39, 0.29) is 0 Å². The lowest BCUT2D eigenvalue weighted by atomic mass is 10.1. The molecule has 0 aliphatic carbocycles. The van der Waals surface area contributed by atoms with Crippen LogP contribution in [0.2, 0.25) is 0 Å². The Kier molecular flexibility index (Phi) is 7.06. The van der Waals surface area contributed by atoms with E-state index in [1.54, 1.807) is 35.2 Å². The van der Waals surface area contributed by atoms with E-state index >= 15 is 0 Å². The summed E-state index contributed by atoms with van der Waals surface area (Å²) in [5.74, 6) is 0. The van der Waals surface area contributed by atoms with Crippen molar-refractivity contribution < 1.29 is 8.42 Å². The molecular weight excluding hydrogens is 595 g/mol. The summed E-state index contributed by atoms with van der Waals surface area (Å²) in [6.45, 7) is 0. The normalized spacial score (nSPS) is 13.1. The van der Waals surface area contributed by atoms with Gasteiger partial charge in [0.2, 0.25) is 0 Å². The highest BCUT2D eigenvalue weighted by Crippen LogP contribution is 2.43. The van der Waals surface area contributed by atoms with Crippen molar-refractivity contribution in [3.8, 4) is 41.8 Å². The molecule has 2 unspecified atom stereocenters. The summed E-state index contributed by atoms with van der Waals surface area (Å²) in [6.07, 6.45) is 3.49. The highest BCUT2D eigenvalue weighted by atomic mass is 32.2. The maximum absolute atomic E-state index is 13.1. The summed E-state index contributed by atoms with van der Waals surface area (Å²) in [5, 5.41) is 2.05. The van der Waals surface area contributed by atoms with Gasteiger partial charge in [0.1, 0.15) is 0 Å². The van der Waals surface area contributed by atoms with Crippen LogP contribution >= 0.6 is 22.7 Å². The second kappa shape index (κ2) is 10.9. The summed E-state index contributed by atoms with van der Waals surface area (Å²) in [5.41, 5.74) is 6.46. The molecule has 0 saturated carbocycles. The zero-order chi connectivity index (χ0) is 29.0. The van der Waals surface area contributed by atoms with Gasteiger partial charge in [-0.1, -0.05) is 60.7 Å². The van der Waals surface area contributed by atoms with E-state index in [1.165, 1.54) is 20.9 Å². The number of hydrogen-bond acceptors (Lipinski definition) is 4. The fourth-order valence-corrected chi connectivity index (χ4v) is 9.33. The van der Waals surface area contributed by atoms with Gasteiger partial charge in [-0.3, -0.25) is 8.42 Å². The molecule has 0 radical (unpaired) electrons. The second-order valence-corrected chi connectivity index (χ2v) is 15.1. The summed E-state index contributed by atoms with van der Waals surface area (Å²) >= 11 is 3.43. The Morgan fingerprint density at radius 1 is 0.524 bits per heavy atom. The molecule has 0 aliphatic heterocycles. The van der Waals surface area contributed by atoms with Gasteiger partial charge >= 0.3 is 0 Å². The van der Waals surface area contributed by atoms with Crippen LogP contribution in [0.1, 0.15) is 0 Å². The largest absolute Gasteiger partial charge is 0.344 e. The lowest BCUT2D eigenvalue weighted by molar-refractivity contribution is 0.686. The number of hydrogen-bond donors (Lipinski definition) is 0. The molecule has 0 spiro atoms. The summed E-state index contributed by atoms with van der Waals surface area (Å²) in [7, 11) is -0.301. The Morgan fingerprint density at radius 2 is 0.905 bits per heavy atom. The SMILES string of the molecule is Cn1c2cc(-c3ccc(-c4ccccc4)s3)c(S(C)=O)cc2c2cc(S(C)=O)c(-c3ccc(-c4ccccc4)s3)cc21. The molecule has 208 valence electrons. The maximum Gasteiger partial charge on any atom is 0.0504 e.